The van der Waals surface area contributed by atoms with E-state index < -0.39 is 17.1 Å². The minimum Gasteiger partial charge on any atom is -0.445 e. The molecular weight excluding hydrogens is 396 g/mol. The highest BCUT2D eigenvalue weighted by molar-refractivity contribution is 7.94. The molecule has 8 nitrogen and oxygen atoms in total. The fraction of sp³-hybridized carbons (Fsp3) is 0.350. The highest BCUT2D eigenvalue weighted by Crippen LogP contribution is 2.30. The van der Waals surface area contributed by atoms with Crippen LogP contribution >= 0.6 is 12.0 Å². The summed E-state index contributed by atoms with van der Waals surface area (Å²) in [5, 5.41) is 23.1. The van der Waals surface area contributed by atoms with Gasteiger partial charge < -0.3 is 19.3 Å². The third-order valence-electron chi connectivity index (χ3n) is 4.00. The number of nitro groups is 1. The number of carbonyl (C=O) groups excluding carboxylic acids is 1. The average Bonchev–Trinajstić information content (AvgIpc) is 2.71. The molecule has 0 spiro atoms. The second-order valence-corrected chi connectivity index (χ2v) is 7.20. The van der Waals surface area contributed by atoms with Gasteiger partial charge >= 0.3 is 6.09 Å². The van der Waals surface area contributed by atoms with Gasteiger partial charge in [-0.3, -0.25) is 10.1 Å². The molecule has 0 aliphatic rings. The second-order valence-electron chi connectivity index (χ2n) is 6.36. The zero-order valence-corrected chi connectivity index (χ0v) is 16.9. The molecule has 9 heteroatoms. The topological polar surface area (TPSA) is 111 Å². The Kier molecular flexibility index (Phi) is 9.42. The largest absolute Gasteiger partial charge is 0.445 e. The molecular formula is C20H24N2O6S. The van der Waals surface area contributed by atoms with Crippen molar-refractivity contribution >= 4 is 23.8 Å². The predicted octanol–water partition coefficient (Wildman–Crippen LogP) is 3.99. The summed E-state index contributed by atoms with van der Waals surface area (Å²) in [6, 6.07) is 13.7. The van der Waals surface area contributed by atoms with Crippen molar-refractivity contribution in [3.05, 3.63) is 69.8 Å². The lowest BCUT2D eigenvalue weighted by molar-refractivity contribution is -0.387. The van der Waals surface area contributed by atoms with Crippen LogP contribution < -0.4 is 5.32 Å². The fourth-order valence-corrected chi connectivity index (χ4v) is 3.26. The number of hydrogen-bond donors (Lipinski definition) is 2. The molecule has 0 radical (unpaired) electrons. The minimum atomic E-state index is -0.599. The van der Waals surface area contributed by atoms with Gasteiger partial charge in [-0.1, -0.05) is 36.4 Å². The first-order valence-corrected chi connectivity index (χ1v) is 9.86. The van der Waals surface area contributed by atoms with Crippen LogP contribution in [0.4, 0.5) is 10.5 Å². The molecule has 2 aromatic rings. The van der Waals surface area contributed by atoms with E-state index in [2.05, 4.69) is 5.32 Å². The number of rotatable bonds is 11. The second kappa shape index (κ2) is 12.1. The summed E-state index contributed by atoms with van der Waals surface area (Å²) in [6.07, 6.45) is 0.433. The molecule has 2 rings (SSSR count). The molecule has 0 bridgehead atoms. The van der Waals surface area contributed by atoms with Gasteiger partial charge in [-0.25, -0.2) is 4.79 Å². The Balaban J connectivity index is 1.68. The van der Waals surface area contributed by atoms with Gasteiger partial charge in [0.2, 0.25) is 0 Å². The first kappa shape index (κ1) is 22.7. The zero-order chi connectivity index (χ0) is 21.1. The van der Waals surface area contributed by atoms with Crippen molar-refractivity contribution in [3.63, 3.8) is 0 Å². The number of hydrogen-bond acceptors (Lipinski definition) is 7. The lowest BCUT2D eigenvalue weighted by Crippen LogP contribution is -2.37. The van der Waals surface area contributed by atoms with Crippen molar-refractivity contribution in [2.75, 3.05) is 13.2 Å². The number of amides is 1. The molecule has 0 aliphatic carbocycles. The molecule has 0 aromatic heterocycles. The van der Waals surface area contributed by atoms with Gasteiger partial charge in [0, 0.05) is 18.1 Å². The maximum atomic E-state index is 11.8. The van der Waals surface area contributed by atoms with E-state index in [1.165, 1.54) is 6.07 Å². The van der Waals surface area contributed by atoms with E-state index in [1.807, 2.05) is 37.3 Å². The third kappa shape index (κ3) is 8.10. The first-order chi connectivity index (χ1) is 14.0. The van der Waals surface area contributed by atoms with Crippen LogP contribution in [0.25, 0.3) is 0 Å². The molecule has 0 heterocycles. The van der Waals surface area contributed by atoms with Gasteiger partial charge in [0.25, 0.3) is 5.69 Å². The Labute approximate surface area is 173 Å². The smallest absolute Gasteiger partial charge is 0.407 e. The Hall–Kier alpha value is -2.62. The van der Waals surface area contributed by atoms with Crippen LogP contribution in [0.1, 0.15) is 24.0 Å². The Bertz CT molecular complexity index is 803. The van der Waals surface area contributed by atoms with Crippen LogP contribution in [0.15, 0.2) is 53.4 Å². The van der Waals surface area contributed by atoms with Crippen molar-refractivity contribution in [2.24, 2.45) is 0 Å². The van der Waals surface area contributed by atoms with Gasteiger partial charge in [0.05, 0.1) is 24.2 Å². The summed E-state index contributed by atoms with van der Waals surface area (Å²) in [5.41, 5.74) is 1.77. The van der Waals surface area contributed by atoms with Crippen LogP contribution in [0.5, 0.6) is 0 Å². The molecule has 1 amide bonds. The van der Waals surface area contributed by atoms with Crippen molar-refractivity contribution in [3.8, 4) is 0 Å². The minimum absolute atomic E-state index is 0.00309. The van der Waals surface area contributed by atoms with Crippen LogP contribution in [-0.2, 0) is 15.5 Å². The molecule has 2 aromatic carbocycles. The van der Waals surface area contributed by atoms with Gasteiger partial charge in [-0.2, -0.15) is 0 Å². The number of benzene rings is 2. The maximum absolute atomic E-state index is 11.8. The number of aliphatic hydroxyl groups excluding tert-OH is 1. The lowest BCUT2D eigenvalue weighted by Gasteiger charge is -2.16. The molecule has 0 aliphatic heterocycles. The highest BCUT2D eigenvalue weighted by Gasteiger charge is 2.15. The SMILES string of the molecule is Cc1ccc([N+](=O)[O-])c(SOCCC[C@@H](CO)NC(=O)OCc2ccccc2)c1. The number of nitro benzene ring substituents is 1. The van der Waals surface area contributed by atoms with Gasteiger partial charge in [-0.15, -0.1) is 0 Å². The van der Waals surface area contributed by atoms with Crippen LogP contribution in [0, 0.1) is 17.0 Å². The summed E-state index contributed by atoms with van der Waals surface area (Å²) < 4.78 is 10.6. The van der Waals surface area contributed by atoms with Gasteiger partial charge in [0.1, 0.15) is 11.5 Å². The standard InChI is InChI=1S/C20H24N2O6S/c1-15-9-10-18(22(25)26)19(12-15)29-28-11-5-8-17(13-23)21-20(24)27-14-16-6-3-2-4-7-16/h2-4,6-7,9-10,12,17,23H,5,8,11,13-14H2,1H3,(H,21,24)/t17-/m0/s1. The Morgan fingerprint density at radius 3 is 2.72 bits per heavy atom. The quantitative estimate of drug-likeness (QED) is 0.245. The monoisotopic (exact) mass is 420 g/mol. The molecule has 0 unspecified atom stereocenters. The molecule has 2 N–H and O–H groups in total. The number of alkyl carbamates (subject to hydrolysis) is 1. The van der Waals surface area contributed by atoms with E-state index in [1.54, 1.807) is 12.1 Å². The summed E-state index contributed by atoms with van der Waals surface area (Å²) in [7, 11) is 0. The predicted molar refractivity (Wildman–Crippen MR) is 110 cm³/mol. The summed E-state index contributed by atoms with van der Waals surface area (Å²) in [4.78, 5) is 22.9. The molecule has 156 valence electrons. The average molecular weight is 420 g/mol. The van der Waals surface area contributed by atoms with Crippen molar-refractivity contribution in [1.82, 2.24) is 5.32 Å². The normalized spacial score (nSPS) is 11.7. The van der Waals surface area contributed by atoms with E-state index in [-0.39, 0.29) is 18.9 Å². The van der Waals surface area contributed by atoms with Crippen molar-refractivity contribution in [1.29, 1.82) is 0 Å². The number of nitrogens with zero attached hydrogens (tertiary/aromatic N) is 1. The number of nitrogens with one attached hydrogen (secondary N) is 1. The summed E-state index contributed by atoms with van der Waals surface area (Å²) >= 11 is 0.952. The van der Waals surface area contributed by atoms with Crippen molar-refractivity contribution < 1.29 is 23.7 Å². The van der Waals surface area contributed by atoms with Gasteiger partial charge in [-0.05, 0) is 37.0 Å². The van der Waals surface area contributed by atoms with E-state index in [0.717, 1.165) is 23.2 Å². The van der Waals surface area contributed by atoms with E-state index in [0.29, 0.717) is 24.3 Å². The number of carbonyl (C=O) groups is 1. The molecule has 1 atom stereocenters. The van der Waals surface area contributed by atoms with Crippen LogP contribution in [-0.4, -0.2) is 35.4 Å². The van der Waals surface area contributed by atoms with Gasteiger partial charge in [0.15, 0.2) is 0 Å². The zero-order valence-electron chi connectivity index (χ0n) is 16.1. The molecule has 0 saturated carbocycles. The highest BCUT2D eigenvalue weighted by atomic mass is 32.2. The third-order valence-corrected chi connectivity index (χ3v) is 4.79. The maximum Gasteiger partial charge on any atom is 0.407 e. The van der Waals surface area contributed by atoms with Crippen LogP contribution in [0.3, 0.4) is 0 Å². The first-order valence-electron chi connectivity index (χ1n) is 9.12. The number of ether oxygens (including phenoxy) is 1. The molecule has 0 saturated heterocycles. The van der Waals surface area contributed by atoms with E-state index >= 15 is 0 Å². The van der Waals surface area contributed by atoms with E-state index in [4.69, 9.17) is 8.92 Å². The number of aliphatic hydroxyl groups is 1. The summed E-state index contributed by atoms with van der Waals surface area (Å²) in [5.74, 6) is 0. The number of aryl methyl sites for hydroxylation is 1. The Morgan fingerprint density at radius 2 is 2.03 bits per heavy atom. The lowest BCUT2D eigenvalue weighted by atomic mass is 10.2. The molecule has 29 heavy (non-hydrogen) atoms. The van der Waals surface area contributed by atoms with Crippen molar-refractivity contribution in [2.45, 2.75) is 37.3 Å². The fourth-order valence-electron chi connectivity index (χ4n) is 2.47. The molecule has 0 fully saturated rings. The Morgan fingerprint density at radius 1 is 1.28 bits per heavy atom. The van der Waals surface area contributed by atoms with Crippen LogP contribution in [0.2, 0.25) is 0 Å². The van der Waals surface area contributed by atoms with E-state index in [9.17, 15) is 20.0 Å². The summed E-state index contributed by atoms with van der Waals surface area (Å²) in [6.45, 7) is 2.09.